The Hall–Kier alpha value is -1.20. The van der Waals surface area contributed by atoms with Gasteiger partial charge in [-0.3, -0.25) is 0 Å². The van der Waals surface area contributed by atoms with Crippen LogP contribution >= 0.6 is 15.9 Å². The van der Waals surface area contributed by atoms with Crippen LogP contribution in [-0.4, -0.2) is 10.1 Å². The summed E-state index contributed by atoms with van der Waals surface area (Å²) in [6, 6.07) is 5.74. The second kappa shape index (κ2) is 4.35. The molecule has 0 spiro atoms. The highest BCUT2D eigenvalue weighted by atomic mass is 79.9. The molecule has 1 unspecified atom stereocenters. The van der Waals surface area contributed by atoms with Crippen LogP contribution in [0.25, 0.3) is 11.5 Å². The number of aryl methyl sites for hydroxylation is 1. The Balaban J connectivity index is 2.46. The molecule has 2 N–H and O–H groups in total. The van der Waals surface area contributed by atoms with Crippen molar-refractivity contribution in [3.8, 4) is 11.5 Å². The minimum Gasteiger partial charge on any atom is -0.334 e. The number of hydrogen-bond donors (Lipinski definition) is 1. The predicted molar refractivity (Wildman–Crippen MR) is 64.8 cm³/mol. The van der Waals surface area contributed by atoms with Crippen LogP contribution in [0.5, 0.6) is 0 Å². The number of halogens is 1. The van der Waals surface area contributed by atoms with Gasteiger partial charge < -0.3 is 10.3 Å². The van der Waals surface area contributed by atoms with Crippen LogP contribution in [0.15, 0.2) is 27.2 Å². The highest BCUT2D eigenvalue weighted by Crippen LogP contribution is 2.28. The van der Waals surface area contributed by atoms with Crippen molar-refractivity contribution in [1.29, 1.82) is 0 Å². The zero-order chi connectivity index (χ0) is 11.7. The van der Waals surface area contributed by atoms with Gasteiger partial charge in [-0.2, -0.15) is 4.98 Å². The third-order valence-corrected chi connectivity index (χ3v) is 2.89. The summed E-state index contributed by atoms with van der Waals surface area (Å²) >= 11 is 3.45. The molecule has 2 aromatic rings. The summed E-state index contributed by atoms with van der Waals surface area (Å²) in [6.45, 7) is 3.83. The van der Waals surface area contributed by atoms with E-state index in [4.69, 9.17) is 10.3 Å². The predicted octanol–water partition coefficient (Wildman–Crippen LogP) is 2.83. The molecule has 0 aliphatic carbocycles. The topological polar surface area (TPSA) is 64.9 Å². The van der Waals surface area contributed by atoms with Crippen LogP contribution in [0.2, 0.25) is 0 Å². The molecule has 0 saturated heterocycles. The molecule has 0 saturated carbocycles. The number of hydrogen-bond acceptors (Lipinski definition) is 4. The lowest BCUT2D eigenvalue weighted by Gasteiger charge is -2.00. The molecule has 16 heavy (non-hydrogen) atoms. The lowest BCUT2D eigenvalue weighted by molar-refractivity contribution is 0.418. The molecular formula is C11H12BrN3O. The monoisotopic (exact) mass is 281 g/mol. The molecule has 0 fully saturated rings. The van der Waals surface area contributed by atoms with Gasteiger partial charge in [0.1, 0.15) is 0 Å². The van der Waals surface area contributed by atoms with Gasteiger partial charge in [0, 0.05) is 4.47 Å². The molecule has 84 valence electrons. The third-order valence-electron chi connectivity index (χ3n) is 2.20. The minimum absolute atomic E-state index is 0.221. The Morgan fingerprint density at radius 3 is 2.81 bits per heavy atom. The van der Waals surface area contributed by atoms with Gasteiger partial charge in [-0.25, -0.2) is 0 Å². The number of rotatable bonds is 2. The standard InChI is InChI=1S/C11H12BrN3O/c1-6-3-4-9(12)8(5-6)11-14-10(7(2)13)15-16-11/h3-5,7H,13H2,1-2H3. The largest absolute Gasteiger partial charge is 0.334 e. The Kier molecular flexibility index (Phi) is 3.07. The van der Waals surface area contributed by atoms with Crippen LogP contribution in [0, 0.1) is 6.92 Å². The van der Waals surface area contributed by atoms with Crippen molar-refractivity contribution in [2.75, 3.05) is 0 Å². The molecule has 0 bridgehead atoms. The second-order valence-electron chi connectivity index (χ2n) is 3.73. The molecule has 1 aromatic heterocycles. The van der Waals surface area contributed by atoms with Crippen molar-refractivity contribution in [3.05, 3.63) is 34.1 Å². The first-order chi connectivity index (χ1) is 7.58. The summed E-state index contributed by atoms with van der Waals surface area (Å²) in [4.78, 5) is 4.25. The van der Waals surface area contributed by atoms with Crippen molar-refractivity contribution < 1.29 is 4.52 Å². The summed E-state index contributed by atoms with van der Waals surface area (Å²) in [5, 5.41) is 3.83. The molecule has 0 aliphatic rings. The van der Waals surface area contributed by atoms with Gasteiger partial charge >= 0.3 is 0 Å². The first-order valence-electron chi connectivity index (χ1n) is 4.93. The summed E-state index contributed by atoms with van der Waals surface area (Å²) in [5.41, 5.74) is 7.70. The number of benzene rings is 1. The Bertz CT molecular complexity index is 508. The summed E-state index contributed by atoms with van der Waals surface area (Å²) in [5.74, 6) is 1.01. The smallest absolute Gasteiger partial charge is 0.259 e. The van der Waals surface area contributed by atoms with E-state index in [1.54, 1.807) is 0 Å². The van der Waals surface area contributed by atoms with Gasteiger partial charge in [-0.15, -0.1) is 0 Å². The van der Waals surface area contributed by atoms with Crippen LogP contribution < -0.4 is 5.73 Å². The van der Waals surface area contributed by atoms with E-state index in [2.05, 4.69) is 26.1 Å². The van der Waals surface area contributed by atoms with Crippen LogP contribution in [0.1, 0.15) is 24.4 Å². The maximum atomic E-state index is 5.68. The lowest BCUT2D eigenvalue weighted by atomic mass is 10.1. The van der Waals surface area contributed by atoms with Crippen molar-refractivity contribution >= 4 is 15.9 Å². The summed E-state index contributed by atoms with van der Waals surface area (Å²) in [6.07, 6.45) is 0. The molecule has 4 nitrogen and oxygen atoms in total. The Morgan fingerprint density at radius 1 is 1.44 bits per heavy atom. The normalized spacial score (nSPS) is 12.8. The summed E-state index contributed by atoms with van der Waals surface area (Å²) in [7, 11) is 0. The van der Waals surface area contributed by atoms with Gasteiger partial charge in [-0.1, -0.05) is 16.8 Å². The van der Waals surface area contributed by atoms with Crippen molar-refractivity contribution in [1.82, 2.24) is 10.1 Å². The molecule has 0 aliphatic heterocycles. The quantitative estimate of drug-likeness (QED) is 0.919. The maximum Gasteiger partial charge on any atom is 0.259 e. The van der Waals surface area contributed by atoms with E-state index in [0.717, 1.165) is 15.6 Å². The fourth-order valence-corrected chi connectivity index (χ4v) is 1.75. The number of nitrogens with two attached hydrogens (primary N) is 1. The molecular weight excluding hydrogens is 270 g/mol. The summed E-state index contributed by atoms with van der Waals surface area (Å²) < 4.78 is 6.11. The van der Waals surface area contributed by atoms with Crippen molar-refractivity contribution in [3.63, 3.8) is 0 Å². The SMILES string of the molecule is Cc1ccc(Br)c(-c2nc(C(C)N)no2)c1. The molecule has 0 amide bonds. The number of aromatic nitrogens is 2. The van der Waals surface area contributed by atoms with Crippen molar-refractivity contribution in [2.45, 2.75) is 19.9 Å². The highest BCUT2D eigenvalue weighted by Gasteiger charge is 2.13. The van der Waals surface area contributed by atoms with Crippen LogP contribution in [-0.2, 0) is 0 Å². The molecule has 1 aromatic carbocycles. The van der Waals surface area contributed by atoms with E-state index in [1.165, 1.54) is 0 Å². The molecule has 1 atom stereocenters. The van der Waals surface area contributed by atoms with Crippen LogP contribution in [0.3, 0.4) is 0 Å². The minimum atomic E-state index is -0.221. The van der Waals surface area contributed by atoms with E-state index in [9.17, 15) is 0 Å². The second-order valence-corrected chi connectivity index (χ2v) is 4.58. The van der Waals surface area contributed by atoms with Crippen LogP contribution in [0.4, 0.5) is 0 Å². The van der Waals surface area contributed by atoms with Gasteiger partial charge in [-0.05, 0) is 41.9 Å². The average Bonchev–Trinajstić information content (AvgIpc) is 2.70. The first-order valence-corrected chi connectivity index (χ1v) is 5.73. The number of nitrogens with zero attached hydrogens (tertiary/aromatic N) is 2. The van der Waals surface area contributed by atoms with E-state index in [-0.39, 0.29) is 6.04 Å². The van der Waals surface area contributed by atoms with E-state index in [0.29, 0.717) is 11.7 Å². The Labute approximate surface area is 102 Å². The molecule has 5 heteroatoms. The molecule has 0 radical (unpaired) electrons. The fourth-order valence-electron chi connectivity index (χ4n) is 1.33. The third kappa shape index (κ3) is 2.15. The van der Waals surface area contributed by atoms with E-state index < -0.39 is 0 Å². The zero-order valence-electron chi connectivity index (χ0n) is 9.07. The van der Waals surface area contributed by atoms with E-state index >= 15 is 0 Å². The average molecular weight is 282 g/mol. The highest BCUT2D eigenvalue weighted by molar-refractivity contribution is 9.10. The molecule has 2 rings (SSSR count). The molecule has 1 heterocycles. The first kappa shape index (κ1) is 11.3. The zero-order valence-corrected chi connectivity index (χ0v) is 10.7. The van der Waals surface area contributed by atoms with Gasteiger partial charge in [0.05, 0.1) is 11.6 Å². The lowest BCUT2D eigenvalue weighted by Crippen LogP contribution is -2.06. The fraction of sp³-hybridized carbons (Fsp3) is 0.273. The van der Waals surface area contributed by atoms with Gasteiger partial charge in [0.15, 0.2) is 5.82 Å². The van der Waals surface area contributed by atoms with Gasteiger partial charge in [0.2, 0.25) is 0 Å². The Morgan fingerprint density at radius 2 is 2.19 bits per heavy atom. The van der Waals surface area contributed by atoms with Gasteiger partial charge in [0.25, 0.3) is 5.89 Å². The maximum absolute atomic E-state index is 5.68. The van der Waals surface area contributed by atoms with Crippen molar-refractivity contribution in [2.24, 2.45) is 5.73 Å². The van der Waals surface area contributed by atoms with E-state index in [1.807, 2.05) is 32.0 Å².